The zero-order valence-electron chi connectivity index (χ0n) is 13.7. The average Bonchev–Trinajstić information content (AvgIpc) is 3.20. The number of ether oxygens (including phenoxy) is 1. The monoisotopic (exact) mass is 329 g/mol. The summed E-state index contributed by atoms with van der Waals surface area (Å²) in [6.07, 6.45) is 4.67. The van der Waals surface area contributed by atoms with E-state index in [0.717, 1.165) is 29.0 Å². The molecule has 1 aromatic heterocycles. The van der Waals surface area contributed by atoms with Gasteiger partial charge in [0.1, 0.15) is 12.4 Å². The minimum absolute atomic E-state index is 0.0555. The minimum atomic E-state index is 0.0555. The Balaban J connectivity index is 1.58. The predicted molar refractivity (Wildman–Crippen MR) is 94.3 cm³/mol. The van der Waals surface area contributed by atoms with Crippen LogP contribution in [0.25, 0.3) is 0 Å². The molecule has 122 valence electrons. The van der Waals surface area contributed by atoms with Gasteiger partial charge in [0.05, 0.1) is 4.88 Å². The topological polar surface area (TPSA) is 38.3 Å². The highest BCUT2D eigenvalue weighted by atomic mass is 32.1. The lowest BCUT2D eigenvalue weighted by Gasteiger charge is -2.10. The third-order valence-electron chi connectivity index (χ3n) is 4.52. The summed E-state index contributed by atoms with van der Waals surface area (Å²) in [6, 6.07) is 8.38. The molecule has 0 bridgehead atoms. The molecule has 4 heteroatoms. The molecule has 2 aromatic rings. The average molecular weight is 329 g/mol. The minimum Gasteiger partial charge on any atom is -0.489 e. The molecule has 3 rings (SSSR count). The van der Waals surface area contributed by atoms with Crippen molar-refractivity contribution < 1.29 is 9.53 Å². The molecular weight excluding hydrogens is 306 g/mol. The van der Waals surface area contributed by atoms with E-state index in [0.29, 0.717) is 12.6 Å². The highest BCUT2D eigenvalue weighted by Crippen LogP contribution is 2.24. The molecule has 1 aliphatic rings. The first-order valence-corrected chi connectivity index (χ1v) is 9.09. The Morgan fingerprint density at radius 3 is 2.87 bits per heavy atom. The molecule has 3 nitrogen and oxygen atoms in total. The molecule has 1 saturated carbocycles. The fourth-order valence-electron chi connectivity index (χ4n) is 2.94. The molecule has 0 unspecified atom stereocenters. The van der Waals surface area contributed by atoms with Crippen LogP contribution in [0.1, 0.15) is 52.0 Å². The van der Waals surface area contributed by atoms with Crippen molar-refractivity contribution >= 4 is 17.2 Å². The maximum absolute atomic E-state index is 12.2. The van der Waals surface area contributed by atoms with E-state index in [1.54, 1.807) is 0 Å². The number of hydrogen-bond donors (Lipinski definition) is 1. The normalized spacial score (nSPS) is 14.9. The molecule has 0 saturated heterocycles. The van der Waals surface area contributed by atoms with Crippen molar-refractivity contribution in [3.63, 3.8) is 0 Å². The van der Waals surface area contributed by atoms with E-state index in [2.05, 4.69) is 25.2 Å². The van der Waals surface area contributed by atoms with Crippen LogP contribution in [0.4, 0.5) is 0 Å². The Labute approximate surface area is 141 Å². The fourth-order valence-corrected chi connectivity index (χ4v) is 3.74. The van der Waals surface area contributed by atoms with Crippen molar-refractivity contribution in [3.05, 3.63) is 51.2 Å². The predicted octanol–water partition coefficient (Wildman–Crippen LogP) is 4.62. The van der Waals surface area contributed by atoms with Crippen LogP contribution in [0.5, 0.6) is 5.75 Å². The summed E-state index contributed by atoms with van der Waals surface area (Å²) in [5.41, 5.74) is 3.44. The van der Waals surface area contributed by atoms with Crippen LogP contribution in [-0.4, -0.2) is 11.9 Å². The third kappa shape index (κ3) is 3.94. The van der Waals surface area contributed by atoms with Gasteiger partial charge in [-0.1, -0.05) is 25.0 Å². The molecule has 0 spiro atoms. The highest BCUT2D eigenvalue weighted by molar-refractivity contribution is 7.12. The first-order valence-electron chi connectivity index (χ1n) is 8.21. The van der Waals surface area contributed by atoms with Crippen molar-refractivity contribution in [2.45, 2.75) is 52.2 Å². The standard InChI is InChI=1S/C19H23NO2S/c1-13-6-5-9-17(14(13)2)22-11-15-10-18(23-12-15)19(21)20-16-7-3-4-8-16/h5-6,9-10,12,16H,3-4,7-8,11H2,1-2H3,(H,20,21). The summed E-state index contributed by atoms with van der Waals surface area (Å²) < 4.78 is 5.91. The second-order valence-corrected chi connectivity index (χ2v) is 7.17. The van der Waals surface area contributed by atoms with Crippen LogP contribution >= 0.6 is 11.3 Å². The molecule has 1 aromatic carbocycles. The van der Waals surface area contributed by atoms with E-state index in [4.69, 9.17) is 4.74 Å². The molecule has 0 aliphatic heterocycles. The zero-order valence-corrected chi connectivity index (χ0v) is 14.5. The lowest BCUT2D eigenvalue weighted by molar-refractivity contribution is 0.0942. The maximum Gasteiger partial charge on any atom is 0.261 e. The summed E-state index contributed by atoms with van der Waals surface area (Å²) in [7, 11) is 0. The van der Waals surface area contributed by atoms with E-state index in [1.165, 1.54) is 35.3 Å². The molecule has 1 N–H and O–H groups in total. The van der Waals surface area contributed by atoms with Crippen LogP contribution in [-0.2, 0) is 6.61 Å². The van der Waals surface area contributed by atoms with Crippen LogP contribution < -0.4 is 10.1 Å². The molecule has 1 aliphatic carbocycles. The van der Waals surface area contributed by atoms with Gasteiger partial charge in [-0.2, -0.15) is 0 Å². The Kier molecular flexibility index (Phi) is 5.01. The van der Waals surface area contributed by atoms with Gasteiger partial charge in [-0.15, -0.1) is 11.3 Å². The summed E-state index contributed by atoms with van der Waals surface area (Å²) in [4.78, 5) is 13.0. The third-order valence-corrected chi connectivity index (χ3v) is 5.49. The lowest BCUT2D eigenvalue weighted by Crippen LogP contribution is -2.31. The fraction of sp³-hybridized carbons (Fsp3) is 0.421. The van der Waals surface area contributed by atoms with Crippen molar-refractivity contribution in [3.8, 4) is 5.75 Å². The quantitative estimate of drug-likeness (QED) is 0.869. The Hall–Kier alpha value is -1.81. The van der Waals surface area contributed by atoms with Crippen molar-refractivity contribution in [2.75, 3.05) is 0 Å². The van der Waals surface area contributed by atoms with Gasteiger partial charge in [0, 0.05) is 11.6 Å². The van der Waals surface area contributed by atoms with Gasteiger partial charge < -0.3 is 10.1 Å². The molecular formula is C19H23NO2S. The zero-order chi connectivity index (χ0) is 16.2. The van der Waals surface area contributed by atoms with Gasteiger partial charge in [0.25, 0.3) is 5.91 Å². The van der Waals surface area contributed by atoms with Crippen LogP contribution in [0.3, 0.4) is 0 Å². The molecule has 1 heterocycles. The van der Waals surface area contributed by atoms with E-state index in [1.807, 2.05) is 23.6 Å². The second kappa shape index (κ2) is 7.18. The number of hydrogen-bond acceptors (Lipinski definition) is 3. The maximum atomic E-state index is 12.2. The van der Waals surface area contributed by atoms with Gasteiger partial charge >= 0.3 is 0 Å². The smallest absolute Gasteiger partial charge is 0.261 e. The summed E-state index contributed by atoms with van der Waals surface area (Å²) >= 11 is 1.49. The number of thiophene rings is 1. The van der Waals surface area contributed by atoms with E-state index in [9.17, 15) is 4.79 Å². The Morgan fingerprint density at radius 1 is 1.30 bits per heavy atom. The number of benzene rings is 1. The Morgan fingerprint density at radius 2 is 2.09 bits per heavy atom. The second-order valence-electron chi connectivity index (χ2n) is 6.26. The Bertz CT molecular complexity index is 686. The number of aryl methyl sites for hydroxylation is 1. The number of nitrogens with one attached hydrogen (secondary N) is 1. The largest absolute Gasteiger partial charge is 0.489 e. The van der Waals surface area contributed by atoms with E-state index < -0.39 is 0 Å². The number of carbonyl (C=O) groups excluding carboxylic acids is 1. The van der Waals surface area contributed by atoms with Crippen molar-refractivity contribution in [1.29, 1.82) is 0 Å². The van der Waals surface area contributed by atoms with Gasteiger partial charge in [0.15, 0.2) is 0 Å². The van der Waals surface area contributed by atoms with Crippen LogP contribution in [0, 0.1) is 13.8 Å². The first kappa shape index (κ1) is 16.1. The summed E-state index contributed by atoms with van der Waals surface area (Å²) in [5.74, 6) is 0.966. The summed E-state index contributed by atoms with van der Waals surface area (Å²) in [6.45, 7) is 4.65. The SMILES string of the molecule is Cc1cccc(OCc2csc(C(=O)NC3CCCC3)c2)c1C. The van der Waals surface area contributed by atoms with Gasteiger partial charge in [0.2, 0.25) is 0 Å². The van der Waals surface area contributed by atoms with Gasteiger partial charge in [-0.3, -0.25) is 4.79 Å². The lowest BCUT2D eigenvalue weighted by atomic mass is 10.1. The molecule has 1 amide bonds. The number of amides is 1. The number of carbonyl (C=O) groups is 1. The van der Waals surface area contributed by atoms with E-state index in [-0.39, 0.29) is 5.91 Å². The number of rotatable bonds is 5. The van der Waals surface area contributed by atoms with Crippen LogP contribution in [0.15, 0.2) is 29.6 Å². The highest BCUT2D eigenvalue weighted by Gasteiger charge is 2.19. The van der Waals surface area contributed by atoms with Crippen molar-refractivity contribution in [2.24, 2.45) is 0 Å². The van der Waals surface area contributed by atoms with Crippen LogP contribution in [0.2, 0.25) is 0 Å². The summed E-state index contributed by atoms with van der Waals surface area (Å²) in [5, 5.41) is 5.14. The van der Waals surface area contributed by atoms with Gasteiger partial charge in [-0.25, -0.2) is 0 Å². The first-order chi connectivity index (χ1) is 11.1. The van der Waals surface area contributed by atoms with E-state index >= 15 is 0 Å². The van der Waals surface area contributed by atoms with Gasteiger partial charge in [-0.05, 0) is 55.3 Å². The molecule has 0 radical (unpaired) electrons. The molecule has 0 atom stereocenters. The molecule has 1 fully saturated rings. The molecule has 23 heavy (non-hydrogen) atoms. The van der Waals surface area contributed by atoms with Crippen molar-refractivity contribution in [1.82, 2.24) is 5.32 Å².